The van der Waals surface area contributed by atoms with E-state index >= 15 is 0 Å². The molecule has 0 saturated heterocycles. The fraction of sp³-hybridized carbons (Fsp3) is 0.308. The van der Waals surface area contributed by atoms with Crippen LogP contribution in [0.5, 0.6) is 0 Å². The highest BCUT2D eigenvalue weighted by atomic mass is 35.5. The lowest BCUT2D eigenvalue weighted by Crippen LogP contribution is -2.25. The van der Waals surface area contributed by atoms with Crippen molar-refractivity contribution in [2.24, 2.45) is 0 Å². The van der Waals surface area contributed by atoms with Crippen molar-refractivity contribution >= 4 is 12.4 Å². The van der Waals surface area contributed by atoms with Crippen molar-refractivity contribution in [1.29, 1.82) is 0 Å². The molecule has 2 heterocycles. The van der Waals surface area contributed by atoms with Gasteiger partial charge >= 0.3 is 0 Å². The number of hydrogen-bond donors (Lipinski definition) is 1. The van der Waals surface area contributed by atoms with Crippen LogP contribution in [0.25, 0.3) is 0 Å². The van der Waals surface area contributed by atoms with Gasteiger partial charge in [0.2, 0.25) is 0 Å². The Morgan fingerprint density at radius 1 is 1.28 bits per heavy atom. The van der Waals surface area contributed by atoms with E-state index in [0.29, 0.717) is 6.54 Å². The maximum Gasteiger partial charge on any atom is 0.123 e. The topological polar surface area (TPSA) is 29.9 Å². The Balaban J connectivity index is 0.00000120. The highest BCUT2D eigenvalue weighted by Crippen LogP contribution is 2.14. The predicted octanol–water partition coefficient (Wildman–Crippen LogP) is 2.14. The van der Waals surface area contributed by atoms with E-state index in [1.54, 1.807) is 12.1 Å². The number of fused-ring (bicyclic) bond motifs is 1. The fourth-order valence-electron chi connectivity index (χ4n) is 2.19. The summed E-state index contributed by atoms with van der Waals surface area (Å²) in [5.41, 5.74) is 3.65. The maximum atomic E-state index is 12.8. The van der Waals surface area contributed by atoms with E-state index in [9.17, 15) is 4.39 Å². The summed E-state index contributed by atoms with van der Waals surface area (Å²) in [5, 5.41) is 7.74. The van der Waals surface area contributed by atoms with Crippen molar-refractivity contribution in [2.45, 2.75) is 19.5 Å². The zero-order valence-corrected chi connectivity index (χ0v) is 10.7. The predicted molar refractivity (Wildman–Crippen MR) is 70.4 cm³/mol. The molecule has 1 N–H and O–H groups in total. The second-order valence-electron chi connectivity index (χ2n) is 4.33. The van der Waals surface area contributed by atoms with E-state index in [1.165, 1.54) is 23.4 Å². The molecular formula is C13H15ClFN3. The standard InChI is InChI=1S/C13H14FN3.ClH/c14-12-3-1-10(2-4-12)9-17-13-8-15-6-5-11(13)7-16-17;/h1-4,7,15H,5-6,8-9H2;1H. The van der Waals surface area contributed by atoms with Gasteiger partial charge in [-0.25, -0.2) is 4.39 Å². The van der Waals surface area contributed by atoms with Crippen molar-refractivity contribution in [3.05, 3.63) is 53.1 Å². The molecular weight excluding hydrogens is 253 g/mol. The summed E-state index contributed by atoms with van der Waals surface area (Å²) in [6, 6.07) is 6.59. The van der Waals surface area contributed by atoms with E-state index in [2.05, 4.69) is 10.4 Å². The molecule has 0 aliphatic carbocycles. The normalized spacial score (nSPS) is 13.8. The Hall–Kier alpha value is -1.39. The van der Waals surface area contributed by atoms with Gasteiger partial charge < -0.3 is 5.32 Å². The van der Waals surface area contributed by atoms with Gasteiger partial charge in [-0.15, -0.1) is 12.4 Å². The first-order valence-electron chi connectivity index (χ1n) is 5.81. The largest absolute Gasteiger partial charge is 0.311 e. The van der Waals surface area contributed by atoms with E-state index < -0.39 is 0 Å². The molecule has 1 aromatic heterocycles. The smallest absolute Gasteiger partial charge is 0.123 e. The lowest BCUT2D eigenvalue weighted by atomic mass is 10.1. The molecule has 0 fully saturated rings. The Bertz CT molecular complexity index is 522. The van der Waals surface area contributed by atoms with Crippen molar-refractivity contribution in [1.82, 2.24) is 15.1 Å². The second kappa shape index (κ2) is 5.50. The molecule has 5 heteroatoms. The molecule has 2 aromatic rings. The van der Waals surface area contributed by atoms with Crippen LogP contribution < -0.4 is 5.32 Å². The molecule has 0 spiro atoms. The number of halogens is 2. The Morgan fingerprint density at radius 2 is 2.06 bits per heavy atom. The number of hydrogen-bond acceptors (Lipinski definition) is 2. The quantitative estimate of drug-likeness (QED) is 0.904. The first kappa shape index (κ1) is 13.1. The van der Waals surface area contributed by atoms with Crippen LogP contribution in [0.1, 0.15) is 16.8 Å². The third kappa shape index (κ3) is 2.54. The molecule has 1 aromatic carbocycles. The molecule has 0 saturated carbocycles. The summed E-state index contributed by atoms with van der Waals surface area (Å²) in [5.74, 6) is -0.196. The monoisotopic (exact) mass is 267 g/mol. The summed E-state index contributed by atoms with van der Waals surface area (Å²) in [6.45, 7) is 2.60. The lowest BCUT2D eigenvalue weighted by molar-refractivity contribution is 0.569. The van der Waals surface area contributed by atoms with Gasteiger partial charge in [0.05, 0.1) is 18.4 Å². The number of benzene rings is 1. The molecule has 0 unspecified atom stereocenters. The SMILES string of the molecule is Cl.Fc1ccc(Cn2ncc3c2CNCC3)cc1. The van der Waals surface area contributed by atoms with Crippen LogP contribution in [0.4, 0.5) is 4.39 Å². The third-order valence-electron chi connectivity index (χ3n) is 3.14. The minimum atomic E-state index is -0.196. The second-order valence-corrected chi connectivity index (χ2v) is 4.33. The molecule has 1 aliphatic rings. The maximum absolute atomic E-state index is 12.8. The van der Waals surface area contributed by atoms with Crippen molar-refractivity contribution in [2.75, 3.05) is 6.54 Å². The van der Waals surface area contributed by atoms with Gasteiger partial charge in [0.1, 0.15) is 5.82 Å². The zero-order valence-electron chi connectivity index (χ0n) is 9.90. The minimum Gasteiger partial charge on any atom is -0.311 e. The Morgan fingerprint density at radius 3 is 2.83 bits per heavy atom. The van der Waals surface area contributed by atoms with Crippen molar-refractivity contribution < 1.29 is 4.39 Å². The zero-order chi connectivity index (χ0) is 11.7. The van der Waals surface area contributed by atoms with Crippen LogP contribution in [0.15, 0.2) is 30.5 Å². The summed E-state index contributed by atoms with van der Waals surface area (Å²) >= 11 is 0. The Labute approximate surface area is 111 Å². The van der Waals surface area contributed by atoms with Crippen molar-refractivity contribution in [3.63, 3.8) is 0 Å². The minimum absolute atomic E-state index is 0. The van der Waals surface area contributed by atoms with Crippen LogP contribution in [-0.2, 0) is 19.5 Å². The highest BCUT2D eigenvalue weighted by Gasteiger charge is 2.14. The lowest BCUT2D eigenvalue weighted by Gasteiger charge is -2.15. The number of nitrogens with zero attached hydrogens (tertiary/aromatic N) is 2. The van der Waals surface area contributed by atoms with Crippen LogP contribution in [0.2, 0.25) is 0 Å². The molecule has 0 amide bonds. The van der Waals surface area contributed by atoms with Crippen molar-refractivity contribution in [3.8, 4) is 0 Å². The summed E-state index contributed by atoms with van der Waals surface area (Å²) < 4.78 is 14.8. The molecule has 1 aliphatic heterocycles. The van der Waals surface area contributed by atoms with Crippen LogP contribution in [0.3, 0.4) is 0 Å². The number of aromatic nitrogens is 2. The highest BCUT2D eigenvalue weighted by molar-refractivity contribution is 5.85. The van der Waals surface area contributed by atoms with Gasteiger partial charge in [-0.05, 0) is 36.2 Å². The molecule has 3 rings (SSSR count). The summed E-state index contributed by atoms with van der Waals surface area (Å²) in [6.07, 6.45) is 2.98. The molecule has 3 nitrogen and oxygen atoms in total. The van der Waals surface area contributed by atoms with Crippen LogP contribution in [-0.4, -0.2) is 16.3 Å². The van der Waals surface area contributed by atoms with E-state index in [0.717, 1.165) is 25.1 Å². The molecule has 0 atom stereocenters. The van der Waals surface area contributed by atoms with E-state index in [-0.39, 0.29) is 18.2 Å². The summed E-state index contributed by atoms with van der Waals surface area (Å²) in [7, 11) is 0. The molecule has 0 bridgehead atoms. The third-order valence-corrected chi connectivity index (χ3v) is 3.14. The number of nitrogens with one attached hydrogen (secondary N) is 1. The van der Waals surface area contributed by atoms with Gasteiger partial charge in [0, 0.05) is 6.54 Å². The van der Waals surface area contributed by atoms with E-state index in [4.69, 9.17) is 0 Å². The van der Waals surface area contributed by atoms with E-state index in [1.807, 2.05) is 10.9 Å². The number of rotatable bonds is 2. The van der Waals surface area contributed by atoms with Gasteiger partial charge in [0.15, 0.2) is 0 Å². The molecule has 96 valence electrons. The first-order valence-corrected chi connectivity index (χ1v) is 5.81. The van der Waals surface area contributed by atoms with Gasteiger partial charge in [-0.3, -0.25) is 4.68 Å². The fourth-order valence-corrected chi connectivity index (χ4v) is 2.19. The average Bonchev–Trinajstić information content (AvgIpc) is 2.76. The average molecular weight is 268 g/mol. The summed E-state index contributed by atoms with van der Waals surface area (Å²) in [4.78, 5) is 0. The van der Waals surface area contributed by atoms with Gasteiger partial charge in [-0.2, -0.15) is 5.10 Å². The van der Waals surface area contributed by atoms with Crippen LogP contribution in [0, 0.1) is 5.82 Å². The molecule has 18 heavy (non-hydrogen) atoms. The molecule has 0 radical (unpaired) electrons. The van der Waals surface area contributed by atoms with Gasteiger partial charge in [0.25, 0.3) is 0 Å². The van der Waals surface area contributed by atoms with Gasteiger partial charge in [-0.1, -0.05) is 12.1 Å². The van der Waals surface area contributed by atoms with Crippen LogP contribution >= 0.6 is 12.4 Å². The first-order chi connectivity index (χ1) is 8.33. The Kier molecular flexibility index (Phi) is 3.99.